The van der Waals surface area contributed by atoms with Crippen molar-refractivity contribution >= 4 is 21.7 Å². The van der Waals surface area contributed by atoms with Crippen molar-refractivity contribution in [2.45, 2.75) is 83.4 Å². The van der Waals surface area contributed by atoms with Crippen LogP contribution in [0.1, 0.15) is 77.1 Å². The van der Waals surface area contributed by atoms with Gasteiger partial charge in [0.05, 0.1) is 5.56 Å². The molecular formula is C27H38N4O4S. The van der Waals surface area contributed by atoms with Crippen molar-refractivity contribution in [3.63, 3.8) is 0 Å². The van der Waals surface area contributed by atoms with Gasteiger partial charge in [-0.2, -0.15) is 13.4 Å². The summed E-state index contributed by atoms with van der Waals surface area (Å²) >= 11 is 0. The molecule has 196 valence electrons. The molecule has 1 saturated heterocycles. The fourth-order valence-corrected chi connectivity index (χ4v) is 6.56. The van der Waals surface area contributed by atoms with Crippen LogP contribution in [0.4, 0.5) is 5.82 Å². The number of pyridine rings is 2. The Labute approximate surface area is 214 Å². The number of rotatable bonds is 7. The molecule has 0 spiro atoms. The monoisotopic (exact) mass is 514 g/mol. The maximum atomic E-state index is 13.2. The van der Waals surface area contributed by atoms with E-state index in [0.717, 1.165) is 38.6 Å². The van der Waals surface area contributed by atoms with Crippen molar-refractivity contribution < 1.29 is 17.9 Å². The average molecular weight is 515 g/mol. The van der Waals surface area contributed by atoms with Gasteiger partial charge in [-0.05, 0) is 81.9 Å². The minimum Gasteiger partial charge on any atom is -0.474 e. The predicted octanol–water partition coefficient (Wildman–Crippen LogP) is 4.81. The van der Waals surface area contributed by atoms with Crippen molar-refractivity contribution in [2.24, 2.45) is 17.8 Å². The first-order valence-electron chi connectivity index (χ1n) is 12.9. The summed E-state index contributed by atoms with van der Waals surface area (Å²) in [6.07, 6.45) is 6.63. The van der Waals surface area contributed by atoms with Crippen LogP contribution in [0.25, 0.3) is 0 Å². The molecule has 0 aromatic carbocycles. The van der Waals surface area contributed by atoms with E-state index in [1.807, 2.05) is 0 Å². The Morgan fingerprint density at radius 1 is 1.14 bits per heavy atom. The summed E-state index contributed by atoms with van der Waals surface area (Å²) in [5.74, 6) is 1.81. The molecule has 2 aromatic rings. The average Bonchev–Trinajstić information content (AvgIpc) is 3.11. The van der Waals surface area contributed by atoms with Crippen LogP contribution in [0.15, 0.2) is 41.6 Å². The molecule has 2 fully saturated rings. The van der Waals surface area contributed by atoms with Gasteiger partial charge in [-0.25, -0.2) is 9.71 Å². The molecule has 2 aromatic heterocycles. The molecule has 8 nitrogen and oxygen atoms in total. The first-order valence-corrected chi connectivity index (χ1v) is 14.4. The van der Waals surface area contributed by atoms with E-state index in [2.05, 4.69) is 54.2 Å². The highest BCUT2D eigenvalue weighted by Gasteiger charge is 2.39. The van der Waals surface area contributed by atoms with Crippen molar-refractivity contribution in [2.75, 3.05) is 11.4 Å². The summed E-state index contributed by atoms with van der Waals surface area (Å²) in [6, 6.07) is 7.86. The fourth-order valence-electron chi connectivity index (χ4n) is 5.63. The molecule has 0 bridgehead atoms. The van der Waals surface area contributed by atoms with E-state index in [1.165, 1.54) is 6.07 Å². The zero-order valence-electron chi connectivity index (χ0n) is 21.9. The smallest absolute Gasteiger partial charge is 0.281 e. The Morgan fingerprint density at radius 2 is 1.86 bits per heavy atom. The second-order valence-electron chi connectivity index (χ2n) is 11.3. The van der Waals surface area contributed by atoms with Crippen LogP contribution in [0.5, 0.6) is 5.88 Å². The standard InChI is InChI=1S/C27H38N4O4S/c1-18(2)20-11-13-21(14-12-20)35-23-9-6-10-24(29-23)36(33,34)30-26(32)22-8-7-15-28-25(22)31-17-19(3)16-27(31,4)5/h6-10,15,18-21H,11-14,16-17H2,1-5H3,(H,30,32). The summed E-state index contributed by atoms with van der Waals surface area (Å²) in [6.45, 7) is 11.6. The summed E-state index contributed by atoms with van der Waals surface area (Å²) in [7, 11) is -4.21. The first-order chi connectivity index (χ1) is 17.0. The van der Waals surface area contributed by atoms with Gasteiger partial charge in [0.1, 0.15) is 11.9 Å². The van der Waals surface area contributed by atoms with Crippen molar-refractivity contribution in [3.05, 3.63) is 42.1 Å². The Balaban J connectivity index is 1.48. The quantitative estimate of drug-likeness (QED) is 0.565. The number of nitrogens with zero attached hydrogens (tertiary/aromatic N) is 3. The first kappa shape index (κ1) is 26.4. The molecule has 1 aliphatic carbocycles. The third kappa shape index (κ3) is 5.82. The van der Waals surface area contributed by atoms with Crippen LogP contribution in [0.2, 0.25) is 0 Å². The van der Waals surface area contributed by atoms with Crippen molar-refractivity contribution in [1.29, 1.82) is 0 Å². The van der Waals surface area contributed by atoms with E-state index in [-0.39, 0.29) is 28.1 Å². The number of carbonyl (C=O) groups excluding carboxylic acids is 1. The molecular weight excluding hydrogens is 476 g/mol. The molecule has 2 aliphatic rings. The van der Waals surface area contributed by atoms with Gasteiger partial charge in [0.2, 0.25) is 5.88 Å². The molecule has 0 radical (unpaired) electrons. The molecule has 1 atom stereocenters. The summed E-state index contributed by atoms with van der Waals surface area (Å²) in [5.41, 5.74) is 0.0287. The number of carbonyl (C=O) groups is 1. The molecule has 1 saturated carbocycles. The number of amides is 1. The van der Waals surface area contributed by atoms with E-state index in [0.29, 0.717) is 23.6 Å². The van der Waals surface area contributed by atoms with Gasteiger partial charge in [0.25, 0.3) is 15.9 Å². The largest absolute Gasteiger partial charge is 0.474 e. The second kappa shape index (κ2) is 10.4. The van der Waals surface area contributed by atoms with Crippen molar-refractivity contribution in [1.82, 2.24) is 14.7 Å². The topological polar surface area (TPSA) is 101 Å². The van der Waals surface area contributed by atoms with Crippen LogP contribution in [0.3, 0.4) is 0 Å². The zero-order chi connectivity index (χ0) is 26.1. The van der Waals surface area contributed by atoms with Gasteiger partial charge in [-0.3, -0.25) is 4.79 Å². The lowest BCUT2D eigenvalue weighted by Crippen LogP contribution is -2.41. The number of nitrogens with one attached hydrogen (secondary N) is 1. The van der Waals surface area contributed by atoms with E-state index < -0.39 is 15.9 Å². The van der Waals surface area contributed by atoms with Crippen LogP contribution in [0, 0.1) is 17.8 Å². The third-order valence-electron chi connectivity index (χ3n) is 7.51. The lowest BCUT2D eigenvalue weighted by atomic mass is 9.80. The molecule has 1 N–H and O–H groups in total. The van der Waals surface area contributed by atoms with E-state index >= 15 is 0 Å². The Bertz CT molecular complexity index is 1190. The van der Waals surface area contributed by atoms with E-state index in [4.69, 9.17) is 4.74 Å². The number of sulfonamides is 1. The maximum Gasteiger partial charge on any atom is 0.281 e. The molecule has 1 unspecified atom stereocenters. The predicted molar refractivity (Wildman–Crippen MR) is 140 cm³/mol. The fraction of sp³-hybridized carbons (Fsp3) is 0.593. The third-order valence-corrected chi connectivity index (χ3v) is 8.74. The molecule has 36 heavy (non-hydrogen) atoms. The number of ether oxygens (including phenoxy) is 1. The zero-order valence-corrected chi connectivity index (χ0v) is 22.7. The maximum absolute atomic E-state index is 13.2. The van der Waals surface area contributed by atoms with Gasteiger partial charge in [0.15, 0.2) is 5.03 Å². The summed E-state index contributed by atoms with van der Waals surface area (Å²) in [5, 5.41) is -0.246. The number of hydrogen-bond donors (Lipinski definition) is 1. The highest BCUT2D eigenvalue weighted by atomic mass is 32.2. The highest BCUT2D eigenvalue weighted by Crippen LogP contribution is 2.37. The molecule has 3 heterocycles. The van der Waals surface area contributed by atoms with Crippen molar-refractivity contribution in [3.8, 4) is 5.88 Å². The van der Waals surface area contributed by atoms with E-state index in [1.54, 1.807) is 30.5 Å². The second-order valence-corrected chi connectivity index (χ2v) is 12.9. The van der Waals surface area contributed by atoms with Crippen LogP contribution in [-0.4, -0.2) is 42.5 Å². The minimum absolute atomic E-state index is 0.0178. The molecule has 4 rings (SSSR count). The molecule has 1 amide bonds. The lowest BCUT2D eigenvalue weighted by Gasteiger charge is -2.33. The van der Waals surface area contributed by atoms with Crippen LogP contribution in [-0.2, 0) is 10.0 Å². The SMILES string of the molecule is CC1CN(c2ncccc2C(=O)NS(=O)(=O)c2cccc(OC3CCC(C(C)C)CC3)n2)C(C)(C)C1. The summed E-state index contributed by atoms with van der Waals surface area (Å²) < 4.78 is 34.4. The number of aromatic nitrogens is 2. The minimum atomic E-state index is -4.21. The Kier molecular flexibility index (Phi) is 7.59. The van der Waals surface area contributed by atoms with Crippen LogP contribution < -0.4 is 14.4 Å². The molecule has 1 aliphatic heterocycles. The highest BCUT2D eigenvalue weighted by molar-refractivity contribution is 7.90. The number of hydrogen-bond acceptors (Lipinski definition) is 7. The van der Waals surface area contributed by atoms with Gasteiger partial charge in [0, 0.05) is 24.3 Å². The molecule has 9 heteroatoms. The van der Waals surface area contributed by atoms with E-state index in [9.17, 15) is 13.2 Å². The summed E-state index contributed by atoms with van der Waals surface area (Å²) in [4.78, 5) is 23.9. The van der Waals surface area contributed by atoms with Gasteiger partial charge >= 0.3 is 0 Å². The normalized spacial score (nSPS) is 24.1. The lowest BCUT2D eigenvalue weighted by molar-refractivity contribution is 0.0980. The van der Waals surface area contributed by atoms with Gasteiger partial charge < -0.3 is 9.64 Å². The van der Waals surface area contributed by atoms with Crippen LogP contribution >= 0.6 is 0 Å². The Hall–Kier alpha value is -2.68. The van der Waals surface area contributed by atoms with Gasteiger partial charge in [-0.15, -0.1) is 0 Å². The van der Waals surface area contributed by atoms with Gasteiger partial charge in [-0.1, -0.05) is 26.8 Å². The number of anilines is 1. The Morgan fingerprint density at radius 3 is 2.50 bits per heavy atom.